The second-order valence-corrected chi connectivity index (χ2v) is 7.46. The van der Waals surface area contributed by atoms with Crippen LogP contribution in [0.1, 0.15) is 32.0 Å². The Hall–Kier alpha value is -4.13. The number of Topliss-reactive ketones (excluding diaryl/α,β-unsaturated/α-hetero) is 1. The molecule has 2 heterocycles. The highest BCUT2D eigenvalue weighted by molar-refractivity contribution is 5.99. The minimum absolute atomic E-state index is 0.0810. The van der Waals surface area contributed by atoms with E-state index in [4.69, 9.17) is 9.15 Å². The molecule has 2 aromatic carbocycles. The third-order valence-electron chi connectivity index (χ3n) is 5.15. The van der Waals surface area contributed by atoms with Gasteiger partial charge in [0.25, 0.3) is 5.91 Å². The maximum Gasteiger partial charge on any atom is 0.329 e. The van der Waals surface area contributed by atoms with Gasteiger partial charge in [0.15, 0.2) is 18.2 Å². The molecule has 0 saturated heterocycles. The SMILES string of the molecule is Cc1ccc(C(=O)COC(=O)[C@H](Cc2c[nH]c3ccccc23)NC(=O)c2ccco2)cc1. The normalized spacial score (nSPS) is 11.8. The smallest absolute Gasteiger partial charge is 0.329 e. The number of furan rings is 1. The van der Waals surface area contributed by atoms with Gasteiger partial charge in [-0.3, -0.25) is 9.59 Å². The van der Waals surface area contributed by atoms with Crippen LogP contribution in [-0.2, 0) is 16.0 Å². The Balaban J connectivity index is 1.49. The molecule has 0 saturated carbocycles. The van der Waals surface area contributed by atoms with Crippen molar-refractivity contribution in [2.45, 2.75) is 19.4 Å². The fraction of sp³-hybridized carbons (Fsp3) is 0.160. The number of carbonyl (C=O) groups excluding carboxylic acids is 3. The van der Waals surface area contributed by atoms with Crippen LogP contribution in [0.15, 0.2) is 77.5 Å². The van der Waals surface area contributed by atoms with Gasteiger partial charge in [-0.1, -0.05) is 48.0 Å². The quantitative estimate of drug-likeness (QED) is 0.327. The van der Waals surface area contributed by atoms with Crippen molar-refractivity contribution in [1.82, 2.24) is 10.3 Å². The first-order chi connectivity index (χ1) is 15.5. The summed E-state index contributed by atoms with van der Waals surface area (Å²) in [6, 6.07) is 16.8. The van der Waals surface area contributed by atoms with Gasteiger partial charge in [-0.2, -0.15) is 0 Å². The third-order valence-corrected chi connectivity index (χ3v) is 5.15. The second-order valence-electron chi connectivity index (χ2n) is 7.46. The van der Waals surface area contributed by atoms with Gasteiger partial charge >= 0.3 is 5.97 Å². The zero-order chi connectivity index (χ0) is 22.5. The molecule has 4 rings (SSSR count). The Morgan fingerprint density at radius 2 is 1.81 bits per heavy atom. The van der Waals surface area contributed by atoms with Gasteiger partial charge in [-0.25, -0.2) is 4.79 Å². The summed E-state index contributed by atoms with van der Waals surface area (Å²) >= 11 is 0. The van der Waals surface area contributed by atoms with E-state index in [9.17, 15) is 14.4 Å². The van der Waals surface area contributed by atoms with Crippen molar-refractivity contribution in [3.8, 4) is 0 Å². The minimum atomic E-state index is -1.00. The topological polar surface area (TPSA) is 101 Å². The number of hydrogen-bond acceptors (Lipinski definition) is 5. The molecule has 2 N–H and O–H groups in total. The first-order valence-corrected chi connectivity index (χ1v) is 10.2. The number of benzene rings is 2. The summed E-state index contributed by atoms with van der Waals surface area (Å²) < 4.78 is 10.4. The summed E-state index contributed by atoms with van der Waals surface area (Å²) in [7, 11) is 0. The maximum absolute atomic E-state index is 12.9. The molecule has 0 bridgehead atoms. The molecule has 7 nitrogen and oxygen atoms in total. The molecule has 162 valence electrons. The Kier molecular flexibility index (Phi) is 6.17. The molecule has 0 spiro atoms. The summed E-state index contributed by atoms with van der Waals surface area (Å²) in [6.07, 6.45) is 3.36. The Labute approximate surface area is 184 Å². The molecule has 7 heteroatoms. The number of esters is 1. The standard InChI is InChI=1S/C25H22N2O5/c1-16-8-10-17(11-9-16)22(28)15-32-25(30)21(27-24(29)23-7-4-12-31-23)13-18-14-26-20-6-3-2-5-19(18)20/h2-12,14,21,26H,13,15H2,1H3,(H,27,29)/t21-/m0/s1. The zero-order valence-electron chi connectivity index (χ0n) is 17.5. The van der Waals surface area contributed by atoms with Crippen LogP contribution in [-0.4, -0.2) is 35.3 Å². The highest BCUT2D eigenvalue weighted by Gasteiger charge is 2.26. The number of ketones is 1. The summed E-state index contributed by atoms with van der Waals surface area (Å²) in [5.41, 5.74) is 3.24. The average molecular weight is 430 g/mol. The number of H-pyrrole nitrogens is 1. The van der Waals surface area contributed by atoms with E-state index >= 15 is 0 Å². The van der Waals surface area contributed by atoms with Crippen molar-refractivity contribution in [1.29, 1.82) is 0 Å². The summed E-state index contributed by atoms with van der Waals surface area (Å²) in [6.45, 7) is 1.51. The van der Waals surface area contributed by atoms with Crippen molar-refractivity contribution in [3.63, 3.8) is 0 Å². The number of aromatic amines is 1. The number of aromatic nitrogens is 1. The molecule has 32 heavy (non-hydrogen) atoms. The van der Waals surface area contributed by atoms with Gasteiger partial charge in [0.1, 0.15) is 6.04 Å². The molecule has 2 aromatic heterocycles. The largest absolute Gasteiger partial charge is 0.459 e. The lowest BCUT2D eigenvalue weighted by Crippen LogP contribution is -2.43. The van der Waals surface area contributed by atoms with Crippen molar-refractivity contribution >= 4 is 28.6 Å². The zero-order valence-corrected chi connectivity index (χ0v) is 17.5. The van der Waals surface area contributed by atoms with Crippen molar-refractivity contribution < 1.29 is 23.5 Å². The van der Waals surface area contributed by atoms with Crippen LogP contribution < -0.4 is 5.32 Å². The minimum Gasteiger partial charge on any atom is -0.459 e. The highest BCUT2D eigenvalue weighted by atomic mass is 16.5. The van der Waals surface area contributed by atoms with Crippen LogP contribution in [0.5, 0.6) is 0 Å². The van der Waals surface area contributed by atoms with Gasteiger partial charge < -0.3 is 19.5 Å². The Morgan fingerprint density at radius 3 is 2.56 bits per heavy atom. The summed E-state index contributed by atoms with van der Waals surface area (Å²) in [5, 5.41) is 3.60. The molecule has 0 aliphatic heterocycles. The van der Waals surface area contributed by atoms with Gasteiger partial charge in [0.05, 0.1) is 6.26 Å². The van der Waals surface area contributed by atoms with E-state index in [1.807, 2.05) is 43.3 Å². The van der Waals surface area contributed by atoms with Crippen molar-refractivity contribution in [2.75, 3.05) is 6.61 Å². The highest BCUT2D eigenvalue weighted by Crippen LogP contribution is 2.20. The predicted molar refractivity (Wildman–Crippen MR) is 118 cm³/mol. The number of rotatable bonds is 8. The number of fused-ring (bicyclic) bond motifs is 1. The van der Waals surface area contributed by atoms with E-state index in [0.717, 1.165) is 22.0 Å². The fourth-order valence-electron chi connectivity index (χ4n) is 3.41. The lowest BCUT2D eigenvalue weighted by atomic mass is 10.0. The van der Waals surface area contributed by atoms with Gasteiger partial charge in [-0.05, 0) is 30.7 Å². The van der Waals surface area contributed by atoms with Crippen LogP contribution in [0.25, 0.3) is 10.9 Å². The van der Waals surface area contributed by atoms with Crippen molar-refractivity contribution in [2.24, 2.45) is 0 Å². The molecule has 0 fully saturated rings. The fourth-order valence-corrected chi connectivity index (χ4v) is 3.41. The Bertz CT molecular complexity index is 1240. The maximum atomic E-state index is 12.9. The van der Waals surface area contributed by atoms with E-state index in [2.05, 4.69) is 10.3 Å². The summed E-state index contributed by atoms with van der Waals surface area (Å²) in [4.78, 5) is 40.9. The molecule has 0 unspecified atom stereocenters. The second kappa shape index (κ2) is 9.34. The van der Waals surface area contributed by atoms with E-state index in [0.29, 0.717) is 5.56 Å². The van der Waals surface area contributed by atoms with Gasteiger partial charge in [0, 0.05) is 29.1 Å². The molecule has 0 radical (unpaired) electrons. The molecule has 0 aliphatic rings. The van der Waals surface area contributed by atoms with E-state index in [-0.39, 0.29) is 18.0 Å². The lowest BCUT2D eigenvalue weighted by Gasteiger charge is -2.17. The average Bonchev–Trinajstić information content (AvgIpc) is 3.48. The molecule has 1 atom stereocenters. The number of nitrogens with one attached hydrogen (secondary N) is 2. The molecule has 1 amide bonds. The molecular formula is C25H22N2O5. The molecule has 0 aliphatic carbocycles. The number of para-hydroxylation sites is 1. The first-order valence-electron chi connectivity index (χ1n) is 10.2. The van der Waals surface area contributed by atoms with Crippen molar-refractivity contribution in [3.05, 3.63) is 95.6 Å². The predicted octanol–water partition coefficient (Wildman–Crippen LogP) is 3.84. The van der Waals surface area contributed by atoms with Crippen LogP contribution in [0, 0.1) is 6.92 Å². The van der Waals surface area contributed by atoms with Gasteiger partial charge in [0.2, 0.25) is 0 Å². The van der Waals surface area contributed by atoms with Crippen LogP contribution in [0.2, 0.25) is 0 Å². The monoisotopic (exact) mass is 430 g/mol. The van der Waals surface area contributed by atoms with Gasteiger partial charge in [-0.15, -0.1) is 0 Å². The van der Waals surface area contributed by atoms with Crippen LogP contribution >= 0.6 is 0 Å². The lowest BCUT2D eigenvalue weighted by molar-refractivity contribution is -0.144. The number of hydrogen-bond donors (Lipinski definition) is 2. The first kappa shape index (κ1) is 21.1. The van der Waals surface area contributed by atoms with E-state index < -0.39 is 24.5 Å². The third kappa shape index (κ3) is 4.78. The molecular weight excluding hydrogens is 408 g/mol. The summed E-state index contributed by atoms with van der Waals surface area (Å²) in [5.74, 6) is -1.48. The number of amides is 1. The van der Waals surface area contributed by atoms with Crippen LogP contribution in [0.3, 0.4) is 0 Å². The Morgan fingerprint density at radius 1 is 1.03 bits per heavy atom. The van der Waals surface area contributed by atoms with E-state index in [1.54, 1.807) is 24.4 Å². The van der Waals surface area contributed by atoms with E-state index in [1.165, 1.54) is 12.3 Å². The number of carbonyl (C=O) groups is 3. The number of ether oxygens (including phenoxy) is 1. The molecule has 4 aromatic rings. The van der Waals surface area contributed by atoms with Crippen LogP contribution in [0.4, 0.5) is 0 Å². The number of aryl methyl sites for hydroxylation is 1.